The Morgan fingerprint density at radius 1 is 1.56 bits per heavy atom. The summed E-state index contributed by atoms with van der Waals surface area (Å²) >= 11 is 2.91. The SMILES string of the molecule is COCC(C)NS(=O)(=O)c1cc(N)cc(Br)c1F. The van der Waals surface area contributed by atoms with Crippen LogP contribution in [-0.2, 0) is 14.8 Å². The van der Waals surface area contributed by atoms with Crippen LogP contribution >= 0.6 is 15.9 Å². The van der Waals surface area contributed by atoms with Gasteiger partial charge >= 0.3 is 0 Å². The molecule has 0 heterocycles. The maximum Gasteiger partial charge on any atom is 0.243 e. The van der Waals surface area contributed by atoms with E-state index < -0.39 is 26.8 Å². The summed E-state index contributed by atoms with van der Waals surface area (Å²) in [5.74, 6) is -0.874. The molecule has 0 aliphatic carbocycles. The summed E-state index contributed by atoms with van der Waals surface area (Å²) in [6.45, 7) is 1.80. The quantitative estimate of drug-likeness (QED) is 0.795. The van der Waals surface area contributed by atoms with Gasteiger partial charge in [-0.3, -0.25) is 0 Å². The van der Waals surface area contributed by atoms with Crippen molar-refractivity contribution in [2.24, 2.45) is 0 Å². The molecule has 8 heteroatoms. The summed E-state index contributed by atoms with van der Waals surface area (Å²) in [7, 11) is -2.53. The molecule has 1 rings (SSSR count). The van der Waals surface area contributed by atoms with Gasteiger partial charge in [0.05, 0.1) is 11.1 Å². The summed E-state index contributed by atoms with van der Waals surface area (Å²) in [6, 6.07) is 1.90. The molecule has 5 nitrogen and oxygen atoms in total. The Balaban J connectivity index is 3.13. The van der Waals surface area contributed by atoms with Crippen LogP contribution in [-0.4, -0.2) is 28.2 Å². The first-order valence-corrected chi connectivity index (χ1v) is 7.31. The highest BCUT2D eigenvalue weighted by Crippen LogP contribution is 2.26. The minimum absolute atomic E-state index is 0.00210. The van der Waals surface area contributed by atoms with E-state index in [2.05, 4.69) is 20.7 Å². The Morgan fingerprint density at radius 3 is 2.72 bits per heavy atom. The van der Waals surface area contributed by atoms with Crippen molar-refractivity contribution in [1.82, 2.24) is 4.72 Å². The monoisotopic (exact) mass is 340 g/mol. The van der Waals surface area contributed by atoms with E-state index in [0.29, 0.717) is 0 Å². The van der Waals surface area contributed by atoms with E-state index in [0.717, 1.165) is 6.07 Å². The minimum Gasteiger partial charge on any atom is -0.399 e. The van der Waals surface area contributed by atoms with Crippen LogP contribution in [0.15, 0.2) is 21.5 Å². The van der Waals surface area contributed by atoms with Crippen LogP contribution in [0, 0.1) is 5.82 Å². The third-order valence-electron chi connectivity index (χ3n) is 2.08. The predicted molar refractivity (Wildman–Crippen MR) is 70.2 cm³/mol. The number of ether oxygens (including phenoxy) is 1. The number of anilines is 1. The third-order valence-corrected chi connectivity index (χ3v) is 4.25. The van der Waals surface area contributed by atoms with Crippen molar-refractivity contribution < 1.29 is 17.5 Å². The molecule has 0 aromatic heterocycles. The molecule has 0 aliphatic rings. The molecule has 0 aliphatic heterocycles. The summed E-state index contributed by atoms with van der Waals surface area (Å²) in [5.41, 5.74) is 5.66. The zero-order chi connectivity index (χ0) is 13.9. The number of nitrogens with one attached hydrogen (secondary N) is 1. The van der Waals surface area contributed by atoms with Crippen LogP contribution < -0.4 is 10.5 Å². The highest BCUT2D eigenvalue weighted by molar-refractivity contribution is 9.10. The molecule has 0 spiro atoms. The Bertz CT molecular complexity index is 536. The van der Waals surface area contributed by atoms with E-state index >= 15 is 0 Å². The molecule has 0 saturated carbocycles. The predicted octanol–water partition coefficient (Wildman–Crippen LogP) is 1.48. The van der Waals surface area contributed by atoms with Gasteiger partial charge in [0.15, 0.2) is 5.82 Å². The van der Waals surface area contributed by atoms with Crippen LogP contribution in [0.4, 0.5) is 10.1 Å². The number of hydrogen-bond acceptors (Lipinski definition) is 4. The molecule has 0 amide bonds. The molecule has 0 bridgehead atoms. The molecule has 0 fully saturated rings. The topological polar surface area (TPSA) is 81.4 Å². The average molecular weight is 341 g/mol. The lowest BCUT2D eigenvalue weighted by atomic mass is 10.3. The lowest BCUT2D eigenvalue weighted by Crippen LogP contribution is -2.36. The number of benzene rings is 1. The van der Waals surface area contributed by atoms with Gasteiger partial charge in [-0.1, -0.05) is 0 Å². The molecule has 18 heavy (non-hydrogen) atoms. The van der Waals surface area contributed by atoms with Gasteiger partial charge in [-0.15, -0.1) is 0 Å². The van der Waals surface area contributed by atoms with Crippen LogP contribution in [0.1, 0.15) is 6.92 Å². The van der Waals surface area contributed by atoms with Crippen molar-refractivity contribution in [3.8, 4) is 0 Å². The van der Waals surface area contributed by atoms with Crippen LogP contribution in [0.5, 0.6) is 0 Å². The molecular weight excluding hydrogens is 327 g/mol. The molecular formula is C10H14BrFN2O3S. The van der Waals surface area contributed by atoms with E-state index in [1.807, 2.05) is 0 Å². The first-order valence-electron chi connectivity index (χ1n) is 5.03. The van der Waals surface area contributed by atoms with Gasteiger partial charge in [0.2, 0.25) is 10.0 Å². The van der Waals surface area contributed by atoms with Crippen molar-refractivity contribution in [1.29, 1.82) is 0 Å². The Kier molecular flexibility index (Phi) is 5.09. The van der Waals surface area contributed by atoms with Gasteiger partial charge in [0.1, 0.15) is 4.90 Å². The Labute approximate surface area is 114 Å². The van der Waals surface area contributed by atoms with Gasteiger partial charge in [-0.2, -0.15) is 0 Å². The van der Waals surface area contributed by atoms with Crippen LogP contribution in [0.2, 0.25) is 0 Å². The maximum absolute atomic E-state index is 13.8. The number of nitrogen functional groups attached to an aromatic ring is 1. The first-order chi connectivity index (χ1) is 8.27. The van der Waals surface area contributed by atoms with Gasteiger partial charge in [-0.25, -0.2) is 17.5 Å². The largest absolute Gasteiger partial charge is 0.399 e. The number of methoxy groups -OCH3 is 1. The second-order valence-corrected chi connectivity index (χ2v) is 6.33. The number of sulfonamides is 1. The van der Waals surface area contributed by atoms with E-state index in [1.54, 1.807) is 6.92 Å². The molecule has 102 valence electrons. The number of hydrogen-bond donors (Lipinski definition) is 2. The van der Waals surface area contributed by atoms with Crippen molar-refractivity contribution >= 4 is 31.6 Å². The highest BCUT2D eigenvalue weighted by atomic mass is 79.9. The average Bonchev–Trinajstić information content (AvgIpc) is 2.22. The highest BCUT2D eigenvalue weighted by Gasteiger charge is 2.23. The standard InChI is InChI=1S/C10H14BrFN2O3S/c1-6(5-17-2)14-18(15,16)9-4-7(13)3-8(11)10(9)12/h3-4,6,14H,5,13H2,1-2H3. The fourth-order valence-corrected chi connectivity index (χ4v) is 3.36. The summed E-state index contributed by atoms with van der Waals surface area (Å²) in [4.78, 5) is -0.489. The second-order valence-electron chi connectivity index (χ2n) is 3.79. The van der Waals surface area contributed by atoms with Crippen LogP contribution in [0.3, 0.4) is 0 Å². The fourth-order valence-electron chi connectivity index (χ4n) is 1.39. The minimum atomic E-state index is -3.97. The van der Waals surface area contributed by atoms with Crippen molar-refractivity contribution in [3.63, 3.8) is 0 Å². The van der Waals surface area contributed by atoms with Gasteiger partial charge in [0, 0.05) is 18.8 Å². The first kappa shape index (κ1) is 15.4. The molecule has 1 atom stereocenters. The van der Waals surface area contributed by atoms with Crippen LogP contribution in [0.25, 0.3) is 0 Å². The molecule has 0 radical (unpaired) electrons. The molecule has 1 aromatic carbocycles. The number of rotatable bonds is 5. The van der Waals surface area contributed by atoms with E-state index in [4.69, 9.17) is 10.5 Å². The fraction of sp³-hybridized carbons (Fsp3) is 0.400. The van der Waals surface area contributed by atoms with Crippen molar-refractivity contribution in [2.45, 2.75) is 17.9 Å². The molecule has 0 saturated heterocycles. The smallest absolute Gasteiger partial charge is 0.243 e. The van der Waals surface area contributed by atoms with Gasteiger partial charge in [0.25, 0.3) is 0 Å². The van der Waals surface area contributed by atoms with Crippen molar-refractivity contribution in [2.75, 3.05) is 19.5 Å². The lowest BCUT2D eigenvalue weighted by molar-refractivity contribution is 0.180. The number of nitrogens with two attached hydrogens (primary N) is 1. The maximum atomic E-state index is 13.8. The second kappa shape index (κ2) is 5.96. The molecule has 1 aromatic rings. The zero-order valence-electron chi connectivity index (χ0n) is 9.91. The summed E-state index contributed by atoms with van der Waals surface area (Å²) in [6.07, 6.45) is 0. The number of halogens is 2. The lowest BCUT2D eigenvalue weighted by Gasteiger charge is -2.14. The normalized spacial score (nSPS) is 13.6. The van der Waals surface area contributed by atoms with Gasteiger partial charge in [-0.05, 0) is 35.0 Å². The van der Waals surface area contributed by atoms with E-state index in [1.165, 1.54) is 13.2 Å². The molecule has 1 unspecified atom stereocenters. The van der Waals surface area contributed by atoms with E-state index in [9.17, 15) is 12.8 Å². The Morgan fingerprint density at radius 2 is 2.17 bits per heavy atom. The zero-order valence-corrected chi connectivity index (χ0v) is 12.3. The Hall–Kier alpha value is -0.700. The molecule has 3 N–H and O–H groups in total. The summed E-state index contributed by atoms with van der Waals surface area (Å²) in [5, 5.41) is 0. The van der Waals surface area contributed by atoms with E-state index in [-0.39, 0.29) is 16.8 Å². The van der Waals surface area contributed by atoms with Crippen molar-refractivity contribution in [3.05, 3.63) is 22.4 Å². The van der Waals surface area contributed by atoms with Gasteiger partial charge < -0.3 is 10.5 Å². The third kappa shape index (κ3) is 3.64. The summed E-state index contributed by atoms with van der Waals surface area (Å²) < 4.78 is 44.8.